The summed E-state index contributed by atoms with van der Waals surface area (Å²) in [6.07, 6.45) is 8.73. The molecular formula is C21H22N2O4S. The van der Waals surface area contributed by atoms with Crippen molar-refractivity contribution in [2.45, 2.75) is 31.2 Å². The van der Waals surface area contributed by atoms with Gasteiger partial charge < -0.3 is 18.3 Å². The number of ether oxygens (including phenoxy) is 1. The van der Waals surface area contributed by atoms with Crippen molar-refractivity contribution in [3.05, 3.63) is 64.7 Å². The van der Waals surface area contributed by atoms with Crippen LogP contribution in [0.1, 0.15) is 24.1 Å². The zero-order valence-corrected chi connectivity index (χ0v) is 16.7. The van der Waals surface area contributed by atoms with Crippen LogP contribution in [0.2, 0.25) is 0 Å². The van der Waals surface area contributed by atoms with Crippen LogP contribution in [0.25, 0.3) is 11.1 Å². The van der Waals surface area contributed by atoms with E-state index in [1.807, 2.05) is 24.3 Å². The monoisotopic (exact) mass is 398 g/mol. The highest BCUT2D eigenvalue weighted by atomic mass is 32.2. The molecule has 0 aliphatic heterocycles. The van der Waals surface area contributed by atoms with Gasteiger partial charge in [0.2, 0.25) is 0 Å². The third-order valence-corrected chi connectivity index (χ3v) is 5.76. The molecule has 1 aliphatic rings. The van der Waals surface area contributed by atoms with Crippen molar-refractivity contribution in [1.82, 2.24) is 9.55 Å². The Morgan fingerprint density at radius 3 is 2.86 bits per heavy atom. The number of oxazole rings is 1. The topological polar surface area (TPSA) is 80.3 Å². The zero-order valence-electron chi connectivity index (χ0n) is 15.9. The van der Waals surface area contributed by atoms with Crippen LogP contribution in [0.4, 0.5) is 0 Å². The largest absolute Gasteiger partial charge is 0.612 e. The van der Waals surface area contributed by atoms with Gasteiger partial charge in [-0.05, 0) is 55.1 Å². The molecule has 1 atom stereocenters. The molecule has 2 heterocycles. The molecular weight excluding hydrogens is 376 g/mol. The Morgan fingerprint density at radius 1 is 1.36 bits per heavy atom. The molecule has 6 nitrogen and oxygen atoms in total. The number of aromatic nitrogens is 2. The van der Waals surface area contributed by atoms with Crippen LogP contribution in [0.5, 0.6) is 5.75 Å². The Balaban J connectivity index is 1.76. The summed E-state index contributed by atoms with van der Waals surface area (Å²) >= 11 is -1.11. The minimum absolute atomic E-state index is 0.0811. The van der Waals surface area contributed by atoms with E-state index in [4.69, 9.17) is 9.15 Å². The van der Waals surface area contributed by atoms with Crippen LogP contribution in [-0.4, -0.2) is 27.0 Å². The fraction of sp³-hybridized carbons (Fsp3) is 0.333. The summed E-state index contributed by atoms with van der Waals surface area (Å²) in [4.78, 5) is 17.4. The summed E-state index contributed by atoms with van der Waals surface area (Å²) in [6, 6.07) is 7.44. The van der Waals surface area contributed by atoms with Crippen LogP contribution in [0.3, 0.4) is 0 Å². The van der Waals surface area contributed by atoms with Crippen molar-refractivity contribution in [1.29, 1.82) is 0 Å². The maximum Gasteiger partial charge on any atom is 0.253 e. The zero-order chi connectivity index (χ0) is 19.7. The van der Waals surface area contributed by atoms with Crippen LogP contribution >= 0.6 is 0 Å². The maximum atomic E-state index is 12.6. The van der Waals surface area contributed by atoms with Gasteiger partial charge in [-0.2, -0.15) is 0 Å². The average Bonchev–Trinajstić information content (AvgIpc) is 3.37. The molecule has 3 aromatic rings. The van der Waals surface area contributed by atoms with E-state index in [0.717, 1.165) is 21.8 Å². The van der Waals surface area contributed by atoms with Crippen LogP contribution in [0, 0.1) is 12.8 Å². The lowest BCUT2D eigenvalue weighted by atomic mass is 10.0. The van der Waals surface area contributed by atoms with Gasteiger partial charge in [0.1, 0.15) is 18.3 Å². The Labute approximate surface area is 166 Å². The van der Waals surface area contributed by atoms with E-state index in [0.29, 0.717) is 30.3 Å². The van der Waals surface area contributed by atoms with E-state index in [1.54, 1.807) is 23.9 Å². The number of benzene rings is 1. The Kier molecular flexibility index (Phi) is 5.28. The predicted molar refractivity (Wildman–Crippen MR) is 107 cm³/mol. The molecule has 0 radical (unpaired) electrons. The van der Waals surface area contributed by atoms with Gasteiger partial charge >= 0.3 is 0 Å². The van der Waals surface area contributed by atoms with E-state index in [9.17, 15) is 9.35 Å². The van der Waals surface area contributed by atoms with Crippen molar-refractivity contribution in [2.75, 3.05) is 12.9 Å². The van der Waals surface area contributed by atoms with Gasteiger partial charge in [0, 0.05) is 29.0 Å². The van der Waals surface area contributed by atoms with Gasteiger partial charge in [0.25, 0.3) is 5.56 Å². The quantitative estimate of drug-likeness (QED) is 0.570. The molecule has 0 saturated heterocycles. The molecule has 146 valence electrons. The first kappa shape index (κ1) is 18.8. The molecule has 1 saturated carbocycles. The van der Waals surface area contributed by atoms with Gasteiger partial charge in [0.15, 0.2) is 11.3 Å². The summed E-state index contributed by atoms with van der Waals surface area (Å²) < 4.78 is 24.7. The Morgan fingerprint density at radius 2 is 2.18 bits per heavy atom. The molecule has 7 heteroatoms. The lowest BCUT2D eigenvalue weighted by Gasteiger charge is -2.15. The molecule has 0 bridgehead atoms. The summed E-state index contributed by atoms with van der Waals surface area (Å²) in [5.41, 5.74) is 2.90. The van der Waals surface area contributed by atoms with Crippen molar-refractivity contribution in [3.63, 3.8) is 0 Å². The normalized spacial score (nSPS) is 14.8. The van der Waals surface area contributed by atoms with E-state index in [1.165, 1.54) is 25.5 Å². The SMILES string of the molecule is Cc1cc(-c2cc([S+](C)[O-])ccc2OCC2CC2)cn(Cc2cocn2)c1=O. The number of aryl methyl sites for hydroxylation is 1. The summed E-state index contributed by atoms with van der Waals surface area (Å²) in [7, 11) is 0. The van der Waals surface area contributed by atoms with Crippen molar-refractivity contribution >= 4 is 11.2 Å². The third-order valence-electron chi connectivity index (χ3n) is 4.85. The average molecular weight is 398 g/mol. The maximum absolute atomic E-state index is 12.6. The van der Waals surface area contributed by atoms with Gasteiger partial charge in [-0.15, -0.1) is 0 Å². The fourth-order valence-electron chi connectivity index (χ4n) is 3.07. The van der Waals surface area contributed by atoms with Crippen molar-refractivity contribution in [3.8, 4) is 16.9 Å². The molecule has 1 unspecified atom stereocenters. The van der Waals surface area contributed by atoms with Crippen LogP contribution in [-0.2, 0) is 17.7 Å². The molecule has 1 aliphatic carbocycles. The second kappa shape index (κ2) is 7.85. The van der Waals surface area contributed by atoms with Gasteiger partial charge in [-0.3, -0.25) is 4.79 Å². The number of hydrogen-bond donors (Lipinski definition) is 0. The first-order valence-electron chi connectivity index (χ1n) is 9.20. The smallest absolute Gasteiger partial charge is 0.253 e. The number of nitrogens with zero attached hydrogens (tertiary/aromatic N) is 2. The Bertz CT molecular complexity index is 1020. The summed E-state index contributed by atoms with van der Waals surface area (Å²) in [6.45, 7) is 2.79. The second-order valence-corrected chi connectivity index (χ2v) is 8.57. The van der Waals surface area contributed by atoms with Gasteiger partial charge in [0.05, 0.1) is 18.8 Å². The van der Waals surface area contributed by atoms with E-state index in [2.05, 4.69) is 4.98 Å². The van der Waals surface area contributed by atoms with E-state index < -0.39 is 11.2 Å². The van der Waals surface area contributed by atoms with Crippen molar-refractivity contribution in [2.24, 2.45) is 5.92 Å². The predicted octanol–water partition coefficient (Wildman–Crippen LogP) is 3.39. The molecule has 1 aromatic carbocycles. The molecule has 4 rings (SSSR count). The minimum Gasteiger partial charge on any atom is -0.612 e. The summed E-state index contributed by atoms with van der Waals surface area (Å²) in [5.74, 6) is 1.36. The van der Waals surface area contributed by atoms with Crippen LogP contribution < -0.4 is 10.3 Å². The molecule has 1 fully saturated rings. The fourth-order valence-corrected chi connectivity index (χ4v) is 3.62. The van der Waals surface area contributed by atoms with Gasteiger partial charge in [-0.25, -0.2) is 4.98 Å². The first-order valence-corrected chi connectivity index (χ1v) is 10.8. The molecule has 28 heavy (non-hydrogen) atoms. The third kappa shape index (κ3) is 4.15. The lowest BCUT2D eigenvalue weighted by Crippen LogP contribution is -2.22. The molecule has 0 spiro atoms. The highest BCUT2D eigenvalue weighted by Crippen LogP contribution is 2.35. The first-order chi connectivity index (χ1) is 13.5. The molecule has 0 N–H and O–H groups in total. The molecule has 0 amide bonds. The van der Waals surface area contributed by atoms with Crippen molar-refractivity contribution < 1.29 is 13.7 Å². The lowest BCUT2D eigenvalue weighted by molar-refractivity contribution is 0.301. The highest BCUT2D eigenvalue weighted by Gasteiger charge is 2.23. The second-order valence-electron chi connectivity index (χ2n) is 7.19. The van der Waals surface area contributed by atoms with Crippen LogP contribution in [0.15, 0.2) is 57.2 Å². The highest BCUT2D eigenvalue weighted by molar-refractivity contribution is 7.90. The number of rotatable bonds is 7. The standard InChI is InChI=1S/C21H22N2O4S/c1-14-7-16(9-23(21(14)24)10-17-12-26-13-22-17)19-8-18(28(2)25)5-6-20(19)27-11-15-3-4-15/h5-9,12-13,15H,3-4,10-11H2,1-2H3. The Hall–Kier alpha value is -2.51. The van der Waals surface area contributed by atoms with E-state index >= 15 is 0 Å². The summed E-state index contributed by atoms with van der Waals surface area (Å²) in [5, 5.41) is 0. The number of hydrogen-bond acceptors (Lipinski definition) is 5. The molecule has 2 aromatic heterocycles. The number of pyridine rings is 1. The minimum atomic E-state index is -1.11. The van der Waals surface area contributed by atoms with E-state index in [-0.39, 0.29) is 5.56 Å². The van der Waals surface area contributed by atoms with Gasteiger partial charge in [-0.1, -0.05) is 0 Å².